The lowest BCUT2D eigenvalue weighted by molar-refractivity contribution is -0.116. The number of nitrogens with one attached hydrogen (secondary N) is 1. The van der Waals surface area contributed by atoms with Crippen LogP contribution in [0.25, 0.3) is 0 Å². The summed E-state index contributed by atoms with van der Waals surface area (Å²) >= 11 is 0. The maximum absolute atomic E-state index is 13.0. The van der Waals surface area contributed by atoms with E-state index in [0.717, 1.165) is 35.4 Å². The van der Waals surface area contributed by atoms with Crippen molar-refractivity contribution in [2.24, 2.45) is 0 Å². The van der Waals surface area contributed by atoms with Gasteiger partial charge in [0.2, 0.25) is 5.91 Å². The first-order valence-corrected chi connectivity index (χ1v) is 10.6. The molecule has 0 bridgehead atoms. The molecule has 0 unspecified atom stereocenters. The predicted octanol–water partition coefficient (Wildman–Crippen LogP) is 4.86. The van der Waals surface area contributed by atoms with Gasteiger partial charge in [-0.1, -0.05) is 36.4 Å². The zero-order chi connectivity index (χ0) is 21.6. The van der Waals surface area contributed by atoms with E-state index in [0.29, 0.717) is 30.6 Å². The lowest BCUT2D eigenvalue weighted by Crippen LogP contribution is -2.35. The zero-order valence-electron chi connectivity index (χ0n) is 17.6. The van der Waals surface area contributed by atoms with E-state index in [4.69, 9.17) is 4.74 Å². The maximum atomic E-state index is 13.0. The summed E-state index contributed by atoms with van der Waals surface area (Å²) < 4.78 is 5.17. The van der Waals surface area contributed by atoms with E-state index in [2.05, 4.69) is 5.32 Å². The molecule has 0 fully saturated rings. The number of methoxy groups -OCH3 is 1. The zero-order valence-corrected chi connectivity index (χ0v) is 17.6. The molecular weight excluding hydrogens is 388 g/mol. The van der Waals surface area contributed by atoms with E-state index in [1.807, 2.05) is 77.7 Å². The van der Waals surface area contributed by atoms with Gasteiger partial charge in [-0.25, -0.2) is 0 Å². The first-order valence-electron chi connectivity index (χ1n) is 10.6. The third-order valence-corrected chi connectivity index (χ3v) is 5.55. The average molecular weight is 415 g/mol. The smallest absolute Gasteiger partial charge is 0.258 e. The summed E-state index contributed by atoms with van der Waals surface area (Å²) in [5, 5.41) is 2.98. The van der Waals surface area contributed by atoms with Crippen LogP contribution in [0.15, 0.2) is 72.8 Å². The molecule has 0 saturated heterocycles. The lowest BCUT2D eigenvalue weighted by Gasteiger charge is -2.30. The highest BCUT2D eigenvalue weighted by atomic mass is 16.5. The molecule has 0 spiro atoms. The molecule has 0 radical (unpaired) electrons. The van der Waals surface area contributed by atoms with Gasteiger partial charge in [0.1, 0.15) is 5.75 Å². The number of hydrogen-bond donors (Lipinski definition) is 1. The molecule has 4 rings (SSSR count). The van der Waals surface area contributed by atoms with Crippen molar-refractivity contribution >= 4 is 23.2 Å². The number of rotatable bonds is 6. The molecule has 1 aliphatic rings. The molecular formula is C26H26N2O3. The van der Waals surface area contributed by atoms with Crippen molar-refractivity contribution in [2.75, 3.05) is 23.9 Å². The Morgan fingerprint density at radius 2 is 1.77 bits per heavy atom. The van der Waals surface area contributed by atoms with Crippen molar-refractivity contribution in [2.45, 2.75) is 25.7 Å². The molecule has 1 aliphatic heterocycles. The Kier molecular flexibility index (Phi) is 6.32. The third-order valence-electron chi connectivity index (χ3n) is 5.55. The van der Waals surface area contributed by atoms with Crippen molar-refractivity contribution in [1.29, 1.82) is 0 Å². The number of hydrogen-bond acceptors (Lipinski definition) is 3. The molecule has 5 heteroatoms. The molecule has 0 saturated carbocycles. The summed E-state index contributed by atoms with van der Waals surface area (Å²) in [5.41, 5.74) is 4.48. The third kappa shape index (κ3) is 4.94. The Morgan fingerprint density at radius 1 is 1.00 bits per heavy atom. The highest BCUT2D eigenvalue weighted by Gasteiger charge is 2.24. The topological polar surface area (TPSA) is 58.6 Å². The average Bonchev–Trinajstić information content (AvgIpc) is 2.83. The molecule has 1 heterocycles. The molecule has 1 N–H and O–H groups in total. The largest absolute Gasteiger partial charge is 0.497 e. The van der Waals surface area contributed by atoms with Gasteiger partial charge in [-0.15, -0.1) is 0 Å². The number of amides is 2. The first kappa shape index (κ1) is 20.7. The fourth-order valence-electron chi connectivity index (χ4n) is 3.87. The van der Waals surface area contributed by atoms with Gasteiger partial charge in [-0.2, -0.15) is 0 Å². The summed E-state index contributed by atoms with van der Waals surface area (Å²) in [6, 6.07) is 22.9. The Morgan fingerprint density at radius 3 is 2.52 bits per heavy atom. The van der Waals surface area contributed by atoms with E-state index in [9.17, 15) is 9.59 Å². The molecule has 0 aliphatic carbocycles. The normalized spacial score (nSPS) is 12.7. The van der Waals surface area contributed by atoms with Crippen molar-refractivity contribution in [3.05, 3.63) is 89.5 Å². The second-order valence-corrected chi connectivity index (χ2v) is 7.67. The minimum absolute atomic E-state index is 0.00969. The Labute approximate surface area is 182 Å². The quantitative estimate of drug-likeness (QED) is 0.627. The standard InChI is InChI=1S/C26H26N2O3/c1-31-23-14-9-19(10-15-23)11-16-25(29)27-22-13-12-20-8-5-17-28(24(20)18-22)26(30)21-6-3-2-4-7-21/h2-4,6-7,9-10,12-15,18H,5,8,11,16-17H2,1H3,(H,27,29). The minimum Gasteiger partial charge on any atom is -0.497 e. The van der Waals surface area contributed by atoms with Crippen LogP contribution < -0.4 is 15.0 Å². The van der Waals surface area contributed by atoms with Gasteiger partial charge in [-0.05, 0) is 66.8 Å². The van der Waals surface area contributed by atoms with E-state index in [1.54, 1.807) is 7.11 Å². The molecule has 158 valence electrons. The lowest BCUT2D eigenvalue weighted by atomic mass is 10.00. The van der Waals surface area contributed by atoms with E-state index >= 15 is 0 Å². The van der Waals surface area contributed by atoms with Crippen LogP contribution in [0.5, 0.6) is 5.75 Å². The second-order valence-electron chi connectivity index (χ2n) is 7.67. The van der Waals surface area contributed by atoms with Crippen LogP contribution in [0.4, 0.5) is 11.4 Å². The Bertz CT molecular complexity index is 1060. The molecule has 0 atom stereocenters. The second kappa shape index (κ2) is 9.47. The van der Waals surface area contributed by atoms with Crippen molar-refractivity contribution in [3.8, 4) is 5.75 Å². The molecule has 3 aromatic rings. The summed E-state index contributed by atoms with van der Waals surface area (Å²) in [4.78, 5) is 27.3. The van der Waals surface area contributed by atoms with Crippen LogP contribution in [0.2, 0.25) is 0 Å². The molecule has 0 aromatic heterocycles. The Balaban J connectivity index is 1.44. The highest BCUT2D eigenvalue weighted by Crippen LogP contribution is 2.31. The van der Waals surface area contributed by atoms with Crippen molar-refractivity contribution in [1.82, 2.24) is 0 Å². The predicted molar refractivity (Wildman–Crippen MR) is 123 cm³/mol. The number of nitrogens with zero attached hydrogens (tertiary/aromatic N) is 1. The number of aryl methyl sites for hydroxylation is 2. The van der Waals surface area contributed by atoms with Crippen LogP contribution in [0.1, 0.15) is 34.3 Å². The van der Waals surface area contributed by atoms with Crippen molar-refractivity contribution < 1.29 is 14.3 Å². The maximum Gasteiger partial charge on any atom is 0.258 e. The number of fused-ring (bicyclic) bond motifs is 1. The van der Waals surface area contributed by atoms with Gasteiger partial charge < -0.3 is 15.0 Å². The van der Waals surface area contributed by atoms with Crippen molar-refractivity contribution in [3.63, 3.8) is 0 Å². The highest BCUT2D eigenvalue weighted by molar-refractivity contribution is 6.07. The Hall–Kier alpha value is -3.60. The van der Waals surface area contributed by atoms with Crippen LogP contribution >= 0.6 is 0 Å². The monoisotopic (exact) mass is 414 g/mol. The van der Waals surface area contributed by atoms with Crippen LogP contribution in [0, 0.1) is 0 Å². The van der Waals surface area contributed by atoms with Crippen LogP contribution in [-0.4, -0.2) is 25.5 Å². The number of anilines is 2. The first-order chi connectivity index (χ1) is 15.1. The summed E-state index contributed by atoms with van der Waals surface area (Å²) in [6.45, 7) is 0.676. The summed E-state index contributed by atoms with van der Waals surface area (Å²) in [6.07, 6.45) is 2.90. The molecule has 31 heavy (non-hydrogen) atoms. The van der Waals surface area contributed by atoms with Gasteiger partial charge in [0, 0.05) is 29.9 Å². The summed E-state index contributed by atoms with van der Waals surface area (Å²) in [5.74, 6) is 0.744. The molecule has 2 amide bonds. The number of carbonyl (C=O) groups is 2. The van der Waals surface area contributed by atoms with E-state index in [1.165, 1.54) is 0 Å². The van der Waals surface area contributed by atoms with E-state index < -0.39 is 0 Å². The molecule has 3 aromatic carbocycles. The van der Waals surface area contributed by atoms with Gasteiger partial charge in [-0.3, -0.25) is 9.59 Å². The van der Waals surface area contributed by atoms with Gasteiger partial charge in [0.05, 0.1) is 7.11 Å². The SMILES string of the molecule is COc1ccc(CCC(=O)Nc2ccc3c(c2)N(C(=O)c2ccccc2)CCC3)cc1. The number of ether oxygens (including phenoxy) is 1. The fourth-order valence-corrected chi connectivity index (χ4v) is 3.87. The number of benzene rings is 3. The van der Waals surface area contributed by atoms with Gasteiger partial charge >= 0.3 is 0 Å². The minimum atomic E-state index is -0.0486. The fraction of sp³-hybridized carbons (Fsp3) is 0.231. The number of carbonyl (C=O) groups excluding carboxylic acids is 2. The van der Waals surface area contributed by atoms with Crippen LogP contribution in [0.3, 0.4) is 0 Å². The van der Waals surface area contributed by atoms with Crippen LogP contribution in [-0.2, 0) is 17.6 Å². The van der Waals surface area contributed by atoms with E-state index in [-0.39, 0.29) is 11.8 Å². The van der Waals surface area contributed by atoms with Gasteiger partial charge in [0.25, 0.3) is 5.91 Å². The summed E-state index contributed by atoms with van der Waals surface area (Å²) in [7, 11) is 1.63. The molecule has 5 nitrogen and oxygen atoms in total. The van der Waals surface area contributed by atoms with Gasteiger partial charge in [0.15, 0.2) is 0 Å².